The summed E-state index contributed by atoms with van der Waals surface area (Å²) in [5, 5.41) is 0.734. The fraction of sp³-hybridized carbons (Fsp3) is 0.200. The average Bonchev–Trinajstić information content (AvgIpc) is 2.39. The molecule has 2 heteroatoms. The summed E-state index contributed by atoms with van der Waals surface area (Å²) in [6.07, 6.45) is 2.23. The van der Waals surface area contributed by atoms with Gasteiger partial charge in [-0.2, -0.15) is 0 Å². The molecule has 0 saturated carbocycles. The van der Waals surface area contributed by atoms with Gasteiger partial charge in [0.2, 0.25) is 0 Å². The van der Waals surface area contributed by atoms with Crippen molar-refractivity contribution in [1.29, 1.82) is 0 Å². The van der Waals surface area contributed by atoms with Gasteiger partial charge in [-0.1, -0.05) is 48.0 Å². The Balaban J connectivity index is 1.90. The van der Waals surface area contributed by atoms with Gasteiger partial charge in [0.1, 0.15) is 11.9 Å². The highest BCUT2D eigenvalue weighted by Crippen LogP contribution is 2.36. The molecule has 1 nitrogen and oxygen atoms in total. The predicted molar refractivity (Wildman–Crippen MR) is 69.6 cm³/mol. The number of hydrogen-bond acceptors (Lipinski definition) is 1. The van der Waals surface area contributed by atoms with Crippen molar-refractivity contribution in [2.75, 3.05) is 0 Å². The highest BCUT2D eigenvalue weighted by molar-refractivity contribution is 6.30. The maximum atomic E-state index is 6.01. The van der Waals surface area contributed by atoms with Crippen LogP contribution in [-0.2, 0) is 6.42 Å². The molecular weight excluding hydrogens is 232 g/mol. The van der Waals surface area contributed by atoms with Crippen LogP contribution in [0.5, 0.6) is 5.75 Å². The van der Waals surface area contributed by atoms with Crippen LogP contribution in [0.4, 0.5) is 0 Å². The third kappa shape index (κ3) is 2.16. The molecule has 17 heavy (non-hydrogen) atoms. The molecule has 0 bridgehead atoms. The van der Waals surface area contributed by atoms with E-state index < -0.39 is 0 Å². The molecule has 0 aliphatic carbocycles. The number of benzene rings is 2. The summed E-state index contributed by atoms with van der Waals surface area (Å²) in [6.45, 7) is 0. The Bertz CT molecular complexity index is 522. The standard InChI is InChI=1S/C15H13ClO/c16-13-8-6-12-7-9-14(17-15(12)10-13)11-4-2-1-3-5-11/h1-6,8,10,14H,7,9H2. The van der Waals surface area contributed by atoms with Crippen molar-refractivity contribution in [2.45, 2.75) is 18.9 Å². The summed E-state index contributed by atoms with van der Waals surface area (Å²) in [5.41, 5.74) is 2.49. The smallest absolute Gasteiger partial charge is 0.124 e. The zero-order valence-corrected chi connectivity index (χ0v) is 10.2. The lowest BCUT2D eigenvalue weighted by Gasteiger charge is -2.26. The normalized spacial score (nSPS) is 18.3. The number of halogens is 1. The van der Waals surface area contributed by atoms with Crippen LogP contribution in [0.1, 0.15) is 23.7 Å². The van der Waals surface area contributed by atoms with E-state index in [1.165, 1.54) is 11.1 Å². The lowest BCUT2D eigenvalue weighted by molar-refractivity contribution is 0.176. The van der Waals surface area contributed by atoms with E-state index in [0.29, 0.717) is 0 Å². The Morgan fingerprint density at radius 3 is 2.71 bits per heavy atom. The van der Waals surface area contributed by atoms with Crippen LogP contribution in [0.3, 0.4) is 0 Å². The van der Waals surface area contributed by atoms with Crippen molar-refractivity contribution in [3.63, 3.8) is 0 Å². The molecule has 0 fully saturated rings. The molecule has 1 atom stereocenters. The molecule has 1 aliphatic heterocycles. The molecule has 0 radical (unpaired) electrons. The largest absolute Gasteiger partial charge is 0.485 e. The van der Waals surface area contributed by atoms with E-state index in [1.54, 1.807) is 0 Å². The van der Waals surface area contributed by atoms with Crippen molar-refractivity contribution in [1.82, 2.24) is 0 Å². The summed E-state index contributed by atoms with van der Waals surface area (Å²) in [5.74, 6) is 0.928. The van der Waals surface area contributed by atoms with Gasteiger partial charge in [-0.25, -0.2) is 0 Å². The van der Waals surface area contributed by atoms with Crippen molar-refractivity contribution < 1.29 is 4.74 Å². The minimum Gasteiger partial charge on any atom is -0.485 e. The summed E-state index contributed by atoms with van der Waals surface area (Å²) >= 11 is 5.99. The zero-order valence-electron chi connectivity index (χ0n) is 9.40. The summed E-state index contributed by atoms with van der Waals surface area (Å²) < 4.78 is 6.01. The first-order valence-corrected chi connectivity index (χ1v) is 6.21. The highest BCUT2D eigenvalue weighted by Gasteiger charge is 2.20. The molecule has 3 rings (SSSR count). The Morgan fingerprint density at radius 1 is 1.06 bits per heavy atom. The maximum Gasteiger partial charge on any atom is 0.124 e. The minimum atomic E-state index is 0.155. The fourth-order valence-electron chi connectivity index (χ4n) is 2.25. The number of aryl methyl sites for hydroxylation is 1. The second kappa shape index (κ2) is 4.42. The Morgan fingerprint density at radius 2 is 1.88 bits per heavy atom. The van der Waals surface area contributed by atoms with Gasteiger partial charge < -0.3 is 4.74 Å². The van der Waals surface area contributed by atoms with E-state index in [1.807, 2.05) is 30.3 Å². The number of fused-ring (bicyclic) bond motifs is 1. The Kier molecular flexibility index (Phi) is 2.77. The summed E-state index contributed by atoms with van der Waals surface area (Å²) in [7, 11) is 0. The van der Waals surface area contributed by atoms with Crippen LogP contribution in [0, 0.1) is 0 Å². The molecule has 0 N–H and O–H groups in total. The fourth-order valence-corrected chi connectivity index (χ4v) is 2.41. The molecule has 2 aromatic carbocycles. The number of hydrogen-bond donors (Lipinski definition) is 0. The lowest BCUT2D eigenvalue weighted by Crippen LogP contribution is -2.14. The SMILES string of the molecule is Clc1ccc2c(c1)OC(c1ccccc1)CC2. The summed E-state index contributed by atoms with van der Waals surface area (Å²) in [6, 6.07) is 16.2. The van der Waals surface area contributed by atoms with Gasteiger partial charge in [0, 0.05) is 5.02 Å². The minimum absolute atomic E-state index is 0.155. The second-order valence-electron chi connectivity index (χ2n) is 4.31. The van der Waals surface area contributed by atoms with Gasteiger partial charge in [-0.15, -0.1) is 0 Å². The quantitative estimate of drug-likeness (QED) is 0.722. The first-order valence-electron chi connectivity index (χ1n) is 5.83. The van der Waals surface area contributed by atoms with Gasteiger partial charge in [0.25, 0.3) is 0 Å². The Labute approximate surface area is 106 Å². The molecule has 0 amide bonds. The lowest BCUT2D eigenvalue weighted by atomic mass is 9.97. The third-order valence-corrected chi connectivity index (χ3v) is 3.38. The average molecular weight is 245 g/mol. The van der Waals surface area contributed by atoms with Gasteiger partial charge in [-0.3, -0.25) is 0 Å². The molecule has 1 unspecified atom stereocenters. The molecule has 0 saturated heterocycles. The van der Waals surface area contributed by atoms with Gasteiger partial charge in [0.05, 0.1) is 0 Å². The van der Waals surface area contributed by atoms with Gasteiger partial charge in [-0.05, 0) is 36.1 Å². The molecule has 86 valence electrons. The molecule has 0 spiro atoms. The van der Waals surface area contributed by atoms with E-state index in [0.717, 1.165) is 23.6 Å². The van der Waals surface area contributed by atoms with E-state index in [-0.39, 0.29) is 6.10 Å². The van der Waals surface area contributed by atoms with Crippen molar-refractivity contribution in [3.8, 4) is 5.75 Å². The Hall–Kier alpha value is -1.47. The van der Waals surface area contributed by atoms with Crippen molar-refractivity contribution >= 4 is 11.6 Å². The van der Waals surface area contributed by atoms with Crippen LogP contribution in [-0.4, -0.2) is 0 Å². The highest BCUT2D eigenvalue weighted by atomic mass is 35.5. The number of ether oxygens (including phenoxy) is 1. The molecule has 1 aliphatic rings. The van der Waals surface area contributed by atoms with E-state index in [4.69, 9.17) is 16.3 Å². The van der Waals surface area contributed by atoms with E-state index in [2.05, 4.69) is 18.2 Å². The van der Waals surface area contributed by atoms with Crippen LogP contribution in [0.25, 0.3) is 0 Å². The molecule has 1 heterocycles. The molecular formula is C15H13ClO. The maximum absolute atomic E-state index is 6.01. The van der Waals surface area contributed by atoms with Crippen LogP contribution in [0.2, 0.25) is 5.02 Å². The van der Waals surface area contributed by atoms with Gasteiger partial charge >= 0.3 is 0 Å². The van der Waals surface area contributed by atoms with Crippen LogP contribution in [0.15, 0.2) is 48.5 Å². The predicted octanol–water partition coefficient (Wildman–Crippen LogP) is 4.41. The van der Waals surface area contributed by atoms with Crippen molar-refractivity contribution in [2.24, 2.45) is 0 Å². The topological polar surface area (TPSA) is 9.23 Å². The van der Waals surface area contributed by atoms with E-state index in [9.17, 15) is 0 Å². The van der Waals surface area contributed by atoms with Gasteiger partial charge in [0.15, 0.2) is 0 Å². The third-order valence-electron chi connectivity index (χ3n) is 3.15. The summed E-state index contributed by atoms with van der Waals surface area (Å²) in [4.78, 5) is 0. The van der Waals surface area contributed by atoms with Crippen LogP contribution < -0.4 is 4.74 Å². The second-order valence-corrected chi connectivity index (χ2v) is 4.74. The first kappa shape index (κ1) is 10.7. The first-order chi connectivity index (χ1) is 8.33. The zero-order chi connectivity index (χ0) is 11.7. The van der Waals surface area contributed by atoms with E-state index >= 15 is 0 Å². The number of rotatable bonds is 1. The van der Waals surface area contributed by atoms with Crippen LogP contribution >= 0.6 is 11.6 Å². The molecule has 0 aromatic heterocycles. The van der Waals surface area contributed by atoms with Crippen molar-refractivity contribution in [3.05, 3.63) is 64.7 Å². The molecule has 2 aromatic rings. The monoisotopic (exact) mass is 244 g/mol.